The fourth-order valence-corrected chi connectivity index (χ4v) is 1.82. The fraction of sp³-hybridized carbons (Fsp3) is 0.467. The van der Waals surface area contributed by atoms with E-state index in [4.69, 9.17) is 5.11 Å². The van der Waals surface area contributed by atoms with Crippen LogP contribution >= 0.6 is 0 Å². The van der Waals surface area contributed by atoms with Crippen LogP contribution in [0.4, 0.5) is 10.5 Å². The predicted octanol–water partition coefficient (Wildman–Crippen LogP) is 2.78. The molecule has 0 spiro atoms. The quantitative estimate of drug-likeness (QED) is 0.840. The number of carbonyl (C=O) groups excluding carboxylic acids is 1. The number of hydrogen-bond donors (Lipinski definition) is 2. The molecule has 0 fully saturated rings. The Balaban J connectivity index is 2.45. The van der Waals surface area contributed by atoms with Crippen LogP contribution in [0.3, 0.4) is 0 Å². The van der Waals surface area contributed by atoms with Crippen molar-refractivity contribution in [2.75, 3.05) is 11.9 Å². The number of amides is 2. The highest BCUT2D eigenvalue weighted by molar-refractivity contribution is 5.91. The number of aliphatic carboxylic acids is 1. The summed E-state index contributed by atoms with van der Waals surface area (Å²) in [6.07, 6.45) is 1.35. The molecule has 110 valence electrons. The second kappa shape index (κ2) is 7.53. The summed E-state index contributed by atoms with van der Waals surface area (Å²) in [4.78, 5) is 24.0. The normalized spacial score (nSPS) is 11.8. The second-order valence-electron chi connectivity index (χ2n) is 5.03. The molecule has 0 radical (unpaired) electrons. The lowest BCUT2D eigenvalue weighted by Gasteiger charge is -2.21. The third-order valence-corrected chi connectivity index (χ3v) is 3.12. The molecular formula is C15H22N2O3. The summed E-state index contributed by atoms with van der Waals surface area (Å²) >= 11 is 0. The fourth-order valence-electron chi connectivity index (χ4n) is 1.82. The van der Waals surface area contributed by atoms with Gasteiger partial charge in [0.1, 0.15) is 0 Å². The van der Waals surface area contributed by atoms with Crippen molar-refractivity contribution in [3.8, 4) is 0 Å². The van der Waals surface area contributed by atoms with Crippen molar-refractivity contribution in [2.45, 2.75) is 39.2 Å². The summed E-state index contributed by atoms with van der Waals surface area (Å²) in [5.74, 6) is -0.805. The van der Waals surface area contributed by atoms with Gasteiger partial charge in [-0.2, -0.15) is 0 Å². The van der Waals surface area contributed by atoms with Gasteiger partial charge in [-0.3, -0.25) is 9.69 Å². The molecule has 5 heteroatoms. The van der Waals surface area contributed by atoms with Gasteiger partial charge in [0, 0.05) is 25.2 Å². The second-order valence-corrected chi connectivity index (χ2v) is 5.03. The summed E-state index contributed by atoms with van der Waals surface area (Å²) in [5, 5.41) is 11.4. The molecular weight excluding hydrogens is 256 g/mol. The van der Waals surface area contributed by atoms with Crippen molar-refractivity contribution in [2.24, 2.45) is 0 Å². The van der Waals surface area contributed by atoms with Crippen molar-refractivity contribution in [3.05, 3.63) is 29.8 Å². The van der Waals surface area contributed by atoms with Crippen LogP contribution in [0.15, 0.2) is 24.3 Å². The standard InChI is InChI=1S/C15H22N2O3/c1-11-7-9-13(10-8-11)17(3)15(20)16-12(2)5-4-6-14(18)19/h7-10,12H,4-6H2,1-3H3,(H,16,20)(H,18,19). The van der Waals surface area contributed by atoms with Crippen LogP contribution < -0.4 is 10.2 Å². The SMILES string of the molecule is Cc1ccc(N(C)C(=O)NC(C)CCCC(=O)O)cc1. The summed E-state index contributed by atoms with van der Waals surface area (Å²) in [7, 11) is 1.71. The molecule has 0 bridgehead atoms. The lowest BCUT2D eigenvalue weighted by molar-refractivity contribution is -0.137. The van der Waals surface area contributed by atoms with E-state index < -0.39 is 5.97 Å². The molecule has 1 rings (SSSR count). The van der Waals surface area contributed by atoms with Crippen molar-refractivity contribution in [3.63, 3.8) is 0 Å². The zero-order valence-electron chi connectivity index (χ0n) is 12.2. The first-order chi connectivity index (χ1) is 9.40. The molecule has 1 aromatic carbocycles. The monoisotopic (exact) mass is 278 g/mol. The van der Waals surface area contributed by atoms with Crippen molar-refractivity contribution >= 4 is 17.7 Å². The maximum atomic E-state index is 12.0. The number of hydrogen-bond acceptors (Lipinski definition) is 2. The number of nitrogens with zero attached hydrogens (tertiary/aromatic N) is 1. The number of nitrogens with one attached hydrogen (secondary N) is 1. The van der Waals surface area contributed by atoms with Gasteiger partial charge in [0.15, 0.2) is 0 Å². The van der Waals surface area contributed by atoms with Gasteiger partial charge in [0.25, 0.3) is 0 Å². The van der Waals surface area contributed by atoms with E-state index in [2.05, 4.69) is 5.32 Å². The molecule has 1 unspecified atom stereocenters. The van der Waals surface area contributed by atoms with Crippen LogP contribution in [0, 0.1) is 6.92 Å². The first-order valence-corrected chi connectivity index (χ1v) is 6.73. The average molecular weight is 278 g/mol. The van der Waals surface area contributed by atoms with Gasteiger partial charge in [-0.25, -0.2) is 4.79 Å². The van der Waals surface area contributed by atoms with Crippen LogP contribution in [0.2, 0.25) is 0 Å². The molecule has 0 aromatic heterocycles. The lowest BCUT2D eigenvalue weighted by Crippen LogP contribution is -2.42. The van der Waals surface area contributed by atoms with Crippen LogP contribution in [-0.2, 0) is 4.79 Å². The van der Waals surface area contributed by atoms with Crippen LogP contribution in [-0.4, -0.2) is 30.2 Å². The minimum Gasteiger partial charge on any atom is -0.481 e. The maximum absolute atomic E-state index is 12.0. The Bertz CT molecular complexity index is 457. The molecule has 0 saturated carbocycles. The first-order valence-electron chi connectivity index (χ1n) is 6.73. The highest BCUT2D eigenvalue weighted by atomic mass is 16.4. The molecule has 2 N–H and O–H groups in total. The predicted molar refractivity (Wildman–Crippen MR) is 79.1 cm³/mol. The van der Waals surface area contributed by atoms with Gasteiger partial charge in [0.05, 0.1) is 0 Å². The first kappa shape index (κ1) is 16.0. The summed E-state index contributed by atoms with van der Waals surface area (Å²) < 4.78 is 0. The van der Waals surface area contributed by atoms with Crippen LogP contribution in [0.1, 0.15) is 31.7 Å². The molecule has 1 atom stereocenters. The van der Waals surface area contributed by atoms with Gasteiger partial charge in [-0.1, -0.05) is 17.7 Å². The van der Waals surface area contributed by atoms with E-state index in [0.717, 1.165) is 11.3 Å². The molecule has 1 aromatic rings. The number of carboxylic acids is 1. The van der Waals surface area contributed by atoms with Gasteiger partial charge in [-0.15, -0.1) is 0 Å². The van der Waals surface area contributed by atoms with Gasteiger partial charge in [-0.05, 0) is 38.8 Å². The number of urea groups is 1. The molecule has 0 aliphatic heterocycles. The van der Waals surface area contributed by atoms with E-state index in [1.165, 1.54) is 0 Å². The van der Waals surface area contributed by atoms with Crippen molar-refractivity contribution in [1.29, 1.82) is 0 Å². The van der Waals surface area contributed by atoms with E-state index in [0.29, 0.717) is 12.8 Å². The molecule has 0 aliphatic rings. The summed E-state index contributed by atoms with van der Waals surface area (Å²) in [6.45, 7) is 3.87. The minimum absolute atomic E-state index is 0.0465. The Morgan fingerprint density at radius 1 is 1.30 bits per heavy atom. The van der Waals surface area contributed by atoms with E-state index >= 15 is 0 Å². The maximum Gasteiger partial charge on any atom is 0.321 e. The van der Waals surface area contributed by atoms with E-state index in [1.807, 2.05) is 38.1 Å². The molecule has 2 amide bonds. The third kappa shape index (κ3) is 5.30. The molecule has 0 saturated heterocycles. The molecule has 20 heavy (non-hydrogen) atoms. The van der Waals surface area contributed by atoms with E-state index in [9.17, 15) is 9.59 Å². The molecule has 0 heterocycles. The van der Waals surface area contributed by atoms with Crippen LogP contribution in [0.25, 0.3) is 0 Å². The summed E-state index contributed by atoms with van der Waals surface area (Å²) in [5.41, 5.74) is 1.97. The molecule has 0 aliphatic carbocycles. The Kier molecular flexibility index (Phi) is 6.03. The zero-order valence-corrected chi connectivity index (χ0v) is 12.2. The Morgan fingerprint density at radius 3 is 2.45 bits per heavy atom. The Hall–Kier alpha value is -2.04. The summed E-state index contributed by atoms with van der Waals surface area (Å²) in [6, 6.07) is 7.46. The van der Waals surface area contributed by atoms with Gasteiger partial charge >= 0.3 is 12.0 Å². The highest BCUT2D eigenvalue weighted by Crippen LogP contribution is 2.13. The largest absolute Gasteiger partial charge is 0.481 e. The lowest BCUT2D eigenvalue weighted by atomic mass is 10.1. The van der Waals surface area contributed by atoms with Crippen LogP contribution in [0.5, 0.6) is 0 Å². The van der Waals surface area contributed by atoms with E-state index in [1.54, 1.807) is 11.9 Å². The zero-order chi connectivity index (χ0) is 15.1. The number of anilines is 1. The smallest absolute Gasteiger partial charge is 0.321 e. The number of benzene rings is 1. The average Bonchev–Trinajstić information content (AvgIpc) is 2.38. The van der Waals surface area contributed by atoms with Gasteiger partial charge < -0.3 is 10.4 Å². The van der Waals surface area contributed by atoms with E-state index in [-0.39, 0.29) is 18.5 Å². The minimum atomic E-state index is -0.805. The van der Waals surface area contributed by atoms with Crippen molar-refractivity contribution in [1.82, 2.24) is 5.32 Å². The number of carboxylic acid groups (broad SMARTS) is 1. The molecule has 5 nitrogen and oxygen atoms in total. The van der Waals surface area contributed by atoms with Gasteiger partial charge in [0.2, 0.25) is 0 Å². The van der Waals surface area contributed by atoms with Crippen molar-refractivity contribution < 1.29 is 14.7 Å². The Labute approximate surface area is 119 Å². The number of carbonyl (C=O) groups is 2. The Morgan fingerprint density at radius 2 is 1.90 bits per heavy atom. The third-order valence-electron chi connectivity index (χ3n) is 3.12. The highest BCUT2D eigenvalue weighted by Gasteiger charge is 2.13. The number of rotatable bonds is 6. The number of aryl methyl sites for hydroxylation is 1. The topological polar surface area (TPSA) is 69.6 Å².